The number of benzene rings is 6. The van der Waals surface area contributed by atoms with Gasteiger partial charge < -0.3 is 9.13 Å². The molecule has 6 heteroatoms. The van der Waals surface area contributed by atoms with E-state index in [4.69, 9.17) is 0 Å². The Labute approximate surface area is 263 Å². The van der Waals surface area contributed by atoms with E-state index in [1.54, 1.807) is 12.1 Å². The molecule has 0 spiro atoms. The molecule has 0 unspecified atom stereocenters. The minimum Gasteiger partial charge on any atom is -0.309 e. The highest BCUT2D eigenvalue weighted by atomic mass is 15.0. The molecule has 8 aromatic rings. The predicted octanol–water partition coefficient (Wildman–Crippen LogP) is 9.03. The Kier molecular flexibility index (Phi) is 5.91. The molecule has 0 aliphatic carbocycles. The molecule has 6 aromatic carbocycles. The van der Waals surface area contributed by atoms with Crippen LogP contribution in [0.4, 0.5) is 0 Å². The fourth-order valence-corrected chi connectivity index (χ4v) is 6.67. The van der Waals surface area contributed by atoms with Crippen LogP contribution >= 0.6 is 0 Å². The van der Waals surface area contributed by atoms with Gasteiger partial charge in [0.2, 0.25) is 0 Å². The van der Waals surface area contributed by atoms with Gasteiger partial charge >= 0.3 is 0 Å². The molecule has 46 heavy (non-hydrogen) atoms. The van der Waals surface area contributed by atoms with Crippen molar-refractivity contribution in [3.63, 3.8) is 0 Å². The van der Waals surface area contributed by atoms with Crippen LogP contribution in [-0.2, 0) is 0 Å². The molecule has 0 saturated heterocycles. The fourth-order valence-electron chi connectivity index (χ4n) is 6.67. The molecule has 210 valence electrons. The maximum absolute atomic E-state index is 10.4. The summed E-state index contributed by atoms with van der Waals surface area (Å²) in [6.45, 7) is 0. The molecule has 0 atom stereocenters. The van der Waals surface area contributed by atoms with Crippen LogP contribution in [0.15, 0.2) is 121 Å². The van der Waals surface area contributed by atoms with Crippen molar-refractivity contribution in [1.29, 1.82) is 21.0 Å². The number of para-hydroxylation sites is 1. The Morgan fingerprint density at radius 1 is 0.413 bits per heavy atom. The molecule has 0 amide bonds. The van der Waals surface area contributed by atoms with Crippen molar-refractivity contribution in [3.8, 4) is 46.8 Å². The second-order valence-corrected chi connectivity index (χ2v) is 11.1. The minimum atomic E-state index is 0.521. The monoisotopic (exact) mass is 584 g/mol. The first-order valence-electron chi connectivity index (χ1n) is 14.6. The smallest absolute Gasteiger partial charge is 0.0998 e. The molecule has 0 aliphatic rings. The number of nitrogens with zero attached hydrogens (tertiary/aromatic N) is 6. The number of hydrogen-bond donors (Lipinski definition) is 0. The van der Waals surface area contributed by atoms with Gasteiger partial charge in [0.1, 0.15) is 0 Å². The molecule has 0 fully saturated rings. The number of aromatic nitrogens is 2. The van der Waals surface area contributed by atoms with E-state index in [1.807, 2.05) is 84.9 Å². The van der Waals surface area contributed by atoms with Gasteiger partial charge in [-0.05, 0) is 90.5 Å². The average Bonchev–Trinajstić information content (AvgIpc) is 3.62. The maximum atomic E-state index is 10.4. The van der Waals surface area contributed by atoms with Crippen LogP contribution in [0.25, 0.3) is 66.1 Å². The summed E-state index contributed by atoms with van der Waals surface area (Å²) in [6.07, 6.45) is 0. The summed E-state index contributed by atoms with van der Waals surface area (Å²) >= 11 is 0. The Bertz CT molecular complexity index is 2680. The molecule has 0 saturated carbocycles. The topological polar surface area (TPSA) is 105 Å². The van der Waals surface area contributed by atoms with Crippen molar-refractivity contribution in [3.05, 3.63) is 144 Å². The minimum absolute atomic E-state index is 0.521. The lowest BCUT2D eigenvalue weighted by Crippen LogP contribution is -2.00. The number of rotatable bonds is 3. The van der Waals surface area contributed by atoms with Crippen molar-refractivity contribution in [2.75, 3.05) is 0 Å². The van der Waals surface area contributed by atoms with E-state index in [-0.39, 0.29) is 0 Å². The van der Waals surface area contributed by atoms with E-state index < -0.39 is 0 Å². The lowest BCUT2D eigenvalue weighted by atomic mass is 9.97. The van der Waals surface area contributed by atoms with Gasteiger partial charge in [-0.15, -0.1) is 0 Å². The van der Waals surface area contributed by atoms with Crippen LogP contribution in [0.3, 0.4) is 0 Å². The van der Waals surface area contributed by atoms with Crippen LogP contribution in [0.2, 0.25) is 0 Å². The van der Waals surface area contributed by atoms with Gasteiger partial charge in [0.25, 0.3) is 0 Å². The Morgan fingerprint density at radius 2 is 0.957 bits per heavy atom. The van der Waals surface area contributed by atoms with Crippen molar-refractivity contribution in [2.45, 2.75) is 0 Å². The highest BCUT2D eigenvalue weighted by Crippen LogP contribution is 2.40. The van der Waals surface area contributed by atoms with E-state index in [0.717, 1.165) is 66.1 Å². The lowest BCUT2D eigenvalue weighted by Gasteiger charge is -2.17. The second kappa shape index (κ2) is 10.3. The van der Waals surface area contributed by atoms with Crippen molar-refractivity contribution in [2.24, 2.45) is 0 Å². The van der Waals surface area contributed by atoms with Gasteiger partial charge in [-0.25, -0.2) is 0 Å². The highest BCUT2D eigenvalue weighted by molar-refractivity contribution is 6.11. The van der Waals surface area contributed by atoms with E-state index in [2.05, 4.69) is 57.7 Å². The summed E-state index contributed by atoms with van der Waals surface area (Å²) in [5.74, 6) is 0. The van der Waals surface area contributed by atoms with E-state index >= 15 is 0 Å². The normalized spacial score (nSPS) is 11.0. The van der Waals surface area contributed by atoms with Gasteiger partial charge in [0, 0.05) is 32.8 Å². The fraction of sp³-hybridized carbons (Fsp3) is 0. The van der Waals surface area contributed by atoms with Crippen molar-refractivity contribution in [1.82, 2.24) is 9.13 Å². The Hall–Kier alpha value is -7.12. The first kappa shape index (κ1) is 26.5. The summed E-state index contributed by atoms with van der Waals surface area (Å²) in [4.78, 5) is 0. The first-order valence-corrected chi connectivity index (χ1v) is 14.6. The van der Waals surface area contributed by atoms with Gasteiger partial charge in [-0.1, -0.05) is 36.4 Å². The first-order chi connectivity index (χ1) is 22.6. The summed E-state index contributed by atoms with van der Waals surface area (Å²) in [6, 6.07) is 48.0. The van der Waals surface area contributed by atoms with Crippen LogP contribution in [0, 0.1) is 45.3 Å². The zero-order valence-electron chi connectivity index (χ0n) is 24.2. The molecular formula is C40H20N6. The van der Waals surface area contributed by atoms with Crippen LogP contribution in [0.5, 0.6) is 0 Å². The van der Waals surface area contributed by atoms with Crippen LogP contribution < -0.4 is 0 Å². The third kappa shape index (κ3) is 3.86. The summed E-state index contributed by atoms with van der Waals surface area (Å²) in [7, 11) is 0. The van der Waals surface area contributed by atoms with E-state index in [1.165, 1.54) is 0 Å². The molecule has 0 N–H and O–H groups in total. The standard InChI is InChI=1S/C40H20N6/c41-21-25-11-14-36-32(17-25)31-8-1-2-9-35(31)45(36)30-7-3-5-28(20-30)40-29(24-44)6-4-10-39(40)46-37-15-12-26(22-42)18-33(37)34-19-27(23-43)13-16-38(34)46/h1-20H. The third-order valence-electron chi connectivity index (χ3n) is 8.62. The zero-order valence-corrected chi connectivity index (χ0v) is 24.2. The lowest BCUT2D eigenvalue weighted by molar-refractivity contribution is 1.17. The average molecular weight is 585 g/mol. The molecule has 6 nitrogen and oxygen atoms in total. The van der Waals surface area contributed by atoms with Gasteiger partial charge in [-0.2, -0.15) is 21.0 Å². The summed E-state index contributed by atoms with van der Waals surface area (Å²) in [5.41, 5.74) is 9.28. The van der Waals surface area contributed by atoms with Gasteiger partial charge in [0.15, 0.2) is 0 Å². The Morgan fingerprint density at radius 3 is 1.57 bits per heavy atom. The molecule has 0 aliphatic heterocycles. The van der Waals surface area contributed by atoms with E-state index in [0.29, 0.717) is 22.3 Å². The van der Waals surface area contributed by atoms with E-state index in [9.17, 15) is 21.0 Å². The molecule has 8 rings (SSSR count). The second-order valence-electron chi connectivity index (χ2n) is 11.1. The molecular weight excluding hydrogens is 564 g/mol. The number of nitriles is 4. The Balaban J connectivity index is 1.42. The van der Waals surface area contributed by atoms with Gasteiger partial charge in [-0.3, -0.25) is 0 Å². The third-order valence-corrected chi connectivity index (χ3v) is 8.62. The zero-order chi connectivity index (χ0) is 31.4. The molecule has 0 radical (unpaired) electrons. The number of fused-ring (bicyclic) bond motifs is 6. The van der Waals surface area contributed by atoms with Crippen molar-refractivity contribution >= 4 is 43.6 Å². The molecule has 2 heterocycles. The predicted molar refractivity (Wildman–Crippen MR) is 179 cm³/mol. The van der Waals surface area contributed by atoms with Crippen LogP contribution in [-0.4, -0.2) is 9.13 Å². The van der Waals surface area contributed by atoms with Crippen molar-refractivity contribution < 1.29 is 0 Å². The van der Waals surface area contributed by atoms with Gasteiger partial charge in [0.05, 0.1) is 74.3 Å². The maximum Gasteiger partial charge on any atom is 0.0998 e. The molecule has 0 bridgehead atoms. The SMILES string of the molecule is N#Cc1ccc2c(c1)c1ccccc1n2-c1cccc(-c2c(C#N)cccc2-n2c3ccc(C#N)cc3c3cc(C#N)ccc32)c1. The largest absolute Gasteiger partial charge is 0.309 e. The highest BCUT2D eigenvalue weighted by Gasteiger charge is 2.20. The molecule has 2 aromatic heterocycles. The summed E-state index contributed by atoms with van der Waals surface area (Å²) < 4.78 is 4.30. The van der Waals surface area contributed by atoms with Crippen LogP contribution in [0.1, 0.15) is 22.3 Å². The number of hydrogen-bond acceptors (Lipinski definition) is 4. The summed E-state index contributed by atoms with van der Waals surface area (Å²) in [5, 5.41) is 43.0. The quantitative estimate of drug-likeness (QED) is 0.207.